The van der Waals surface area contributed by atoms with Gasteiger partial charge in [0.05, 0.1) is 45.4 Å². The summed E-state index contributed by atoms with van der Waals surface area (Å²) in [6.45, 7) is 8.52. The Balaban J connectivity index is 1.00. The molecule has 2 aliphatic carbocycles. The van der Waals surface area contributed by atoms with Gasteiger partial charge in [-0.1, -0.05) is 41.9 Å². The molecule has 14 nitrogen and oxygen atoms in total. The minimum atomic E-state index is -1.30. The maximum Gasteiger partial charge on any atom is 0.345 e. The minimum Gasteiger partial charge on any atom is -0.496 e. The summed E-state index contributed by atoms with van der Waals surface area (Å²) >= 11 is 8.41. The van der Waals surface area contributed by atoms with E-state index in [4.69, 9.17) is 50.0 Å². The number of hydrogen-bond acceptors (Lipinski definition) is 13. The number of carboxylic acids is 1. The van der Waals surface area contributed by atoms with Gasteiger partial charge in [-0.2, -0.15) is 9.47 Å². The van der Waals surface area contributed by atoms with Gasteiger partial charge in [-0.3, -0.25) is 14.6 Å². The zero-order valence-electron chi connectivity index (χ0n) is 36.2. The zero-order chi connectivity index (χ0) is 44.2. The van der Waals surface area contributed by atoms with Gasteiger partial charge in [-0.25, -0.2) is 14.8 Å². The van der Waals surface area contributed by atoms with E-state index in [2.05, 4.69) is 21.8 Å². The highest BCUT2D eigenvalue weighted by Gasteiger charge is 2.31. The Morgan fingerprint density at radius 1 is 0.984 bits per heavy atom. The third-order valence-electron chi connectivity index (χ3n) is 12.1. The first kappa shape index (κ1) is 43.4. The van der Waals surface area contributed by atoms with Crippen molar-refractivity contribution in [1.82, 2.24) is 38.9 Å². The summed E-state index contributed by atoms with van der Waals surface area (Å²) in [5, 5.41) is 16.7. The maximum absolute atomic E-state index is 13.1. The zero-order valence-corrected chi connectivity index (χ0v) is 37.8. The van der Waals surface area contributed by atoms with Crippen molar-refractivity contribution < 1.29 is 28.8 Å². The van der Waals surface area contributed by atoms with Crippen LogP contribution in [0.4, 0.5) is 0 Å². The Morgan fingerprint density at radius 2 is 1.78 bits per heavy atom. The van der Waals surface area contributed by atoms with Gasteiger partial charge in [-0.15, -0.1) is 0 Å². The molecule has 1 saturated carbocycles. The first-order valence-electron chi connectivity index (χ1n) is 21.7. The van der Waals surface area contributed by atoms with Crippen LogP contribution in [0.15, 0.2) is 95.7 Å². The van der Waals surface area contributed by atoms with Crippen molar-refractivity contribution in [3.8, 4) is 40.0 Å². The molecule has 0 spiro atoms. The molecule has 4 aromatic heterocycles. The lowest BCUT2D eigenvalue weighted by molar-refractivity contribution is -0.145. The van der Waals surface area contributed by atoms with Crippen LogP contribution in [0.25, 0.3) is 38.3 Å². The molecule has 2 aromatic carbocycles. The number of ether oxygens (including phenoxy) is 4. The summed E-state index contributed by atoms with van der Waals surface area (Å²) in [5.41, 5.74) is 6.29. The molecule has 16 heteroatoms. The number of carbonyl (C=O) groups is 1. The number of halogens is 1. The van der Waals surface area contributed by atoms with Crippen molar-refractivity contribution in [3.63, 3.8) is 0 Å². The summed E-state index contributed by atoms with van der Waals surface area (Å²) in [4.78, 5) is 32.1. The second-order valence-corrected chi connectivity index (χ2v) is 17.7. The summed E-state index contributed by atoms with van der Waals surface area (Å²) < 4.78 is 32.2. The summed E-state index contributed by atoms with van der Waals surface area (Å²) in [6.07, 6.45) is 9.70. The van der Waals surface area contributed by atoms with E-state index >= 15 is 0 Å². The van der Waals surface area contributed by atoms with Crippen LogP contribution in [0, 0.1) is 5.92 Å². The second-order valence-electron chi connectivity index (χ2n) is 16.6. The Hall–Kier alpha value is -5.87. The van der Waals surface area contributed by atoms with Crippen LogP contribution < -0.4 is 14.2 Å². The lowest BCUT2D eigenvalue weighted by Crippen LogP contribution is -2.45. The monoisotopic (exact) mass is 902 g/mol. The van der Waals surface area contributed by atoms with Gasteiger partial charge in [0.1, 0.15) is 30.5 Å². The smallest absolute Gasteiger partial charge is 0.345 e. The lowest BCUT2D eigenvalue weighted by Gasteiger charge is -2.32. The fourth-order valence-corrected chi connectivity index (χ4v) is 9.22. The first-order chi connectivity index (χ1) is 31.2. The predicted molar refractivity (Wildman–Crippen MR) is 247 cm³/mol. The van der Waals surface area contributed by atoms with Crippen molar-refractivity contribution in [2.24, 2.45) is 5.92 Å². The average molecular weight is 904 g/mol. The Morgan fingerprint density at radius 3 is 2.58 bits per heavy atom. The van der Waals surface area contributed by atoms with Crippen molar-refractivity contribution in [2.45, 2.75) is 58.3 Å². The highest BCUT2D eigenvalue weighted by molar-refractivity contribution is 7.13. The SMILES string of the molecule is COc1ccccc1-c1nccc(COc2ccccc2C[C@@H](Oc2nsc3cnc(-c4cnn(CC5CC5)c4)c(C4=C(C)C(Cl)=C(OCCN5CCN(C)CC5)CC4)c23)C(=O)O)n1. The van der Waals surface area contributed by atoms with E-state index in [1.807, 2.05) is 72.5 Å². The molecule has 1 aliphatic heterocycles. The number of hydrogen-bond donors (Lipinski definition) is 1. The third kappa shape index (κ3) is 9.77. The van der Waals surface area contributed by atoms with Crippen molar-refractivity contribution in [2.75, 3.05) is 53.5 Å². The van der Waals surface area contributed by atoms with Crippen LogP contribution in [0.1, 0.15) is 49.4 Å². The first-order valence-corrected chi connectivity index (χ1v) is 22.9. The number of para-hydroxylation sites is 2. The third-order valence-corrected chi connectivity index (χ3v) is 13.3. The van der Waals surface area contributed by atoms with Gasteiger partial charge in [0, 0.05) is 81.8 Å². The van der Waals surface area contributed by atoms with Crippen LogP contribution in [-0.2, 0) is 29.1 Å². The molecule has 3 aliphatic rings. The average Bonchev–Trinajstić information content (AvgIpc) is 3.85. The van der Waals surface area contributed by atoms with Crippen molar-refractivity contribution >= 4 is 44.8 Å². The molecule has 0 amide bonds. The van der Waals surface area contributed by atoms with E-state index in [1.165, 1.54) is 24.4 Å². The van der Waals surface area contributed by atoms with Crippen LogP contribution in [0.3, 0.4) is 0 Å². The number of piperazine rings is 1. The van der Waals surface area contributed by atoms with Crippen LogP contribution in [0.5, 0.6) is 17.4 Å². The van der Waals surface area contributed by atoms with E-state index in [0.717, 1.165) is 77.6 Å². The van der Waals surface area contributed by atoms with E-state index in [9.17, 15) is 9.90 Å². The Bertz CT molecular complexity index is 2710. The standard InChI is InChI=1S/C48H51ClN8O6S/c1-30-35(14-15-39(44(30)49)61-23-22-56-20-18-55(2)19-21-56)42-43-41(26-51-45(42)33-25-52-57(28-33)27-31-12-13-31)64-54-47(43)63-40(48(58)59)24-32-8-4-6-10-37(32)62-29-34-16-17-50-46(53-34)36-9-5-7-11-38(36)60-3/h4-11,16-17,25-26,28,31,40H,12-15,18-24,27,29H2,1-3H3,(H,58,59)/t40-/m1/s1. The number of fused-ring (bicyclic) bond motifs is 1. The number of aromatic nitrogens is 6. The fraction of sp³-hybridized carbons (Fsp3) is 0.375. The number of likely N-dealkylation sites (N-methyl/N-ethyl adjacent to an activating group) is 1. The molecule has 0 radical (unpaired) electrons. The molecule has 0 unspecified atom stereocenters. The lowest BCUT2D eigenvalue weighted by atomic mass is 9.87. The highest BCUT2D eigenvalue weighted by atomic mass is 35.5. The van der Waals surface area contributed by atoms with E-state index in [0.29, 0.717) is 70.1 Å². The second kappa shape index (κ2) is 19.5. The van der Waals surface area contributed by atoms with Gasteiger partial charge < -0.3 is 29.0 Å². The number of methoxy groups -OCH3 is 1. The predicted octanol–water partition coefficient (Wildman–Crippen LogP) is 8.37. The maximum atomic E-state index is 13.1. The van der Waals surface area contributed by atoms with Crippen LogP contribution in [0.2, 0.25) is 0 Å². The number of allylic oxidation sites excluding steroid dienone is 4. The fourth-order valence-electron chi connectivity index (χ4n) is 8.26. The van der Waals surface area contributed by atoms with E-state index < -0.39 is 12.1 Å². The number of pyridine rings is 1. The highest BCUT2D eigenvalue weighted by Crippen LogP contribution is 2.47. The van der Waals surface area contributed by atoms with Gasteiger partial charge in [0.15, 0.2) is 5.82 Å². The topological polar surface area (TPSA) is 150 Å². The summed E-state index contributed by atoms with van der Waals surface area (Å²) in [7, 11) is 3.76. The molecule has 6 aromatic rings. The van der Waals surface area contributed by atoms with Crippen molar-refractivity contribution in [1.29, 1.82) is 0 Å². The Kier molecular flexibility index (Phi) is 13.2. The summed E-state index contributed by atoms with van der Waals surface area (Å²) in [6, 6.07) is 16.7. The van der Waals surface area contributed by atoms with Gasteiger partial charge >= 0.3 is 5.97 Å². The number of aliphatic carboxylic acids is 1. The van der Waals surface area contributed by atoms with Crippen LogP contribution in [-0.4, -0.2) is 110 Å². The summed E-state index contributed by atoms with van der Waals surface area (Å²) in [5.74, 6) is 2.18. The molecule has 1 atom stereocenters. The number of rotatable bonds is 18. The van der Waals surface area contributed by atoms with E-state index in [-0.39, 0.29) is 18.9 Å². The number of benzene rings is 2. The number of nitrogens with zero attached hydrogens (tertiary/aromatic N) is 8. The molecular formula is C48H51ClN8O6S. The largest absolute Gasteiger partial charge is 0.496 e. The molecule has 9 rings (SSSR count). The van der Waals surface area contributed by atoms with Gasteiger partial charge in [0.2, 0.25) is 12.0 Å². The molecule has 64 heavy (non-hydrogen) atoms. The molecule has 2 fully saturated rings. The molecular weight excluding hydrogens is 852 g/mol. The number of carboxylic acid groups (broad SMARTS) is 1. The van der Waals surface area contributed by atoms with Crippen molar-refractivity contribution in [3.05, 3.63) is 113 Å². The normalized spacial score (nSPS) is 16.6. The molecule has 332 valence electrons. The van der Waals surface area contributed by atoms with E-state index in [1.54, 1.807) is 25.6 Å². The Labute approximate surface area is 381 Å². The molecule has 5 heterocycles. The van der Waals surface area contributed by atoms with Gasteiger partial charge in [-0.05, 0) is 91.7 Å². The quantitative estimate of drug-likeness (QED) is 0.0881. The molecule has 1 saturated heterocycles. The minimum absolute atomic E-state index is 0.00704. The van der Waals surface area contributed by atoms with Crippen LogP contribution >= 0.6 is 23.1 Å². The molecule has 1 N–H and O–H groups in total. The van der Waals surface area contributed by atoms with Gasteiger partial charge in [0.25, 0.3) is 0 Å². The molecule has 0 bridgehead atoms.